The number of rotatable bonds is 5. The summed E-state index contributed by atoms with van der Waals surface area (Å²) in [6.07, 6.45) is 3.74. The highest BCUT2D eigenvalue weighted by Gasteiger charge is 2.19. The largest absolute Gasteiger partial charge is 0.331 e. The van der Waals surface area contributed by atoms with E-state index in [0.717, 1.165) is 29.3 Å². The summed E-state index contributed by atoms with van der Waals surface area (Å²) in [5.74, 6) is 0.990. The van der Waals surface area contributed by atoms with Crippen LogP contribution in [0.3, 0.4) is 0 Å². The standard InChI is InChI=1S/C18H20BrN5O/c1-11(2)16-15(19)17(23-22-16)18(25)21-14-6-4-13(5-7-14)10-24-9-8-20-12(24)3/h4-9,11H,10H2,1-3H3,(H,21,25)(H,22,23). The first-order chi connectivity index (χ1) is 12.0. The SMILES string of the molecule is Cc1nccn1Cc1ccc(NC(=O)c2n[nH]c(C(C)C)c2Br)cc1. The summed E-state index contributed by atoms with van der Waals surface area (Å²) >= 11 is 3.45. The van der Waals surface area contributed by atoms with E-state index in [1.165, 1.54) is 0 Å². The summed E-state index contributed by atoms with van der Waals surface area (Å²) < 4.78 is 2.79. The minimum atomic E-state index is -0.242. The molecule has 0 bridgehead atoms. The fourth-order valence-corrected chi connectivity index (χ4v) is 3.34. The number of aryl methyl sites for hydroxylation is 1. The predicted molar refractivity (Wildman–Crippen MR) is 101 cm³/mol. The molecule has 2 N–H and O–H groups in total. The first kappa shape index (κ1) is 17.4. The van der Waals surface area contributed by atoms with E-state index >= 15 is 0 Å². The molecule has 1 amide bonds. The van der Waals surface area contributed by atoms with Crippen LogP contribution in [0.25, 0.3) is 0 Å². The molecule has 2 heterocycles. The number of imidazole rings is 1. The Morgan fingerprint density at radius 2 is 2.04 bits per heavy atom. The van der Waals surface area contributed by atoms with Gasteiger partial charge in [0.25, 0.3) is 5.91 Å². The lowest BCUT2D eigenvalue weighted by Gasteiger charge is -2.08. The number of hydrogen-bond acceptors (Lipinski definition) is 3. The third kappa shape index (κ3) is 3.82. The van der Waals surface area contributed by atoms with Gasteiger partial charge in [0.05, 0.1) is 10.2 Å². The van der Waals surface area contributed by atoms with Gasteiger partial charge in [-0.05, 0) is 46.5 Å². The molecule has 0 saturated carbocycles. The maximum absolute atomic E-state index is 12.4. The summed E-state index contributed by atoms with van der Waals surface area (Å²) in [7, 11) is 0. The Morgan fingerprint density at radius 3 is 2.60 bits per heavy atom. The van der Waals surface area contributed by atoms with Crippen LogP contribution in [0, 0.1) is 6.92 Å². The van der Waals surface area contributed by atoms with Gasteiger partial charge in [-0.15, -0.1) is 0 Å². The van der Waals surface area contributed by atoms with E-state index in [-0.39, 0.29) is 11.8 Å². The minimum Gasteiger partial charge on any atom is -0.331 e. The van der Waals surface area contributed by atoms with Gasteiger partial charge in [0, 0.05) is 24.6 Å². The van der Waals surface area contributed by atoms with Crippen molar-refractivity contribution in [3.8, 4) is 0 Å². The summed E-state index contributed by atoms with van der Waals surface area (Å²) in [6.45, 7) is 6.81. The molecule has 0 unspecified atom stereocenters. The van der Waals surface area contributed by atoms with Crippen molar-refractivity contribution in [1.29, 1.82) is 0 Å². The van der Waals surface area contributed by atoms with E-state index in [1.54, 1.807) is 6.20 Å². The quantitative estimate of drug-likeness (QED) is 0.675. The molecule has 0 spiro atoms. The zero-order valence-electron chi connectivity index (χ0n) is 14.4. The summed E-state index contributed by atoms with van der Waals surface area (Å²) in [5, 5.41) is 9.91. The first-order valence-electron chi connectivity index (χ1n) is 8.07. The van der Waals surface area contributed by atoms with E-state index in [4.69, 9.17) is 0 Å². The fourth-order valence-electron chi connectivity index (χ4n) is 2.53. The summed E-state index contributed by atoms with van der Waals surface area (Å²) in [6, 6.07) is 7.77. The van der Waals surface area contributed by atoms with Crippen LogP contribution in [-0.4, -0.2) is 25.7 Å². The van der Waals surface area contributed by atoms with Gasteiger partial charge in [-0.3, -0.25) is 9.89 Å². The number of aromatic amines is 1. The number of nitrogens with zero attached hydrogens (tertiary/aromatic N) is 3. The van der Waals surface area contributed by atoms with Crippen molar-refractivity contribution < 1.29 is 4.79 Å². The molecule has 0 aliphatic carbocycles. The molecule has 7 heteroatoms. The molecule has 2 aromatic heterocycles. The van der Waals surface area contributed by atoms with Crippen molar-refractivity contribution in [2.45, 2.75) is 33.2 Å². The van der Waals surface area contributed by atoms with Crippen LogP contribution in [0.5, 0.6) is 0 Å². The summed E-state index contributed by atoms with van der Waals surface area (Å²) in [5.41, 5.74) is 3.15. The highest BCUT2D eigenvalue weighted by molar-refractivity contribution is 9.10. The van der Waals surface area contributed by atoms with Crippen molar-refractivity contribution in [1.82, 2.24) is 19.7 Å². The van der Waals surface area contributed by atoms with Crippen molar-refractivity contribution in [2.75, 3.05) is 5.32 Å². The van der Waals surface area contributed by atoms with E-state index in [9.17, 15) is 4.79 Å². The fraction of sp³-hybridized carbons (Fsp3) is 0.278. The molecule has 25 heavy (non-hydrogen) atoms. The number of halogens is 1. The number of carbonyl (C=O) groups excluding carboxylic acids is 1. The number of nitrogens with one attached hydrogen (secondary N) is 2. The minimum absolute atomic E-state index is 0.242. The molecule has 6 nitrogen and oxygen atoms in total. The second-order valence-electron chi connectivity index (χ2n) is 6.21. The molecule has 3 aromatic rings. The second kappa shape index (κ2) is 7.23. The molecular formula is C18H20BrN5O. The highest BCUT2D eigenvalue weighted by Crippen LogP contribution is 2.26. The third-order valence-electron chi connectivity index (χ3n) is 4.01. The average Bonchev–Trinajstić information content (AvgIpc) is 3.15. The second-order valence-corrected chi connectivity index (χ2v) is 7.00. The van der Waals surface area contributed by atoms with Crippen LogP contribution in [0.4, 0.5) is 5.69 Å². The Morgan fingerprint density at radius 1 is 1.32 bits per heavy atom. The van der Waals surface area contributed by atoms with Crippen LogP contribution < -0.4 is 5.32 Å². The van der Waals surface area contributed by atoms with Crippen molar-refractivity contribution in [3.63, 3.8) is 0 Å². The first-order valence-corrected chi connectivity index (χ1v) is 8.86. The zero-order valence-corrected chi connectivity index (χ0v) is 16.0. The van der Waals surface area contributed by atoms with Crippen molar-refractivity contribution in [2.24, 2.45) is 0 Å². The van der Waals surface area contributed by atoms with Gasteiger partial charge >= 0.3 is 0 Å². The molecular weight excluding hydrogens is 382 g/mol. The Balaban J connectivity index is 1.69. The van der Waals surface area contributed by atoms with Crippen LogP contribution in [0.2, 0.25) is 0 Å². The van der Waals surface area contributed by atoms with E-state index in [1.807, 2.05) is 51.2 Å². The molecule has 130 valence electrons. The van der Waals surface area contributed by atoms with Crippen LogP contribution in [-0.2, 0) is 6.54 Å². The monoisotopic (exact) mass is 401 g/mol. The maximum Gasteiger partial charge on any atom is 0.277 e. The molecule has 1 aromatic carbocycles. The number of hydrogen-bond donors (Lipinski definition) is 2. The van der Waals surface area contributed by atoms with Gasteiger partial charge in [0.2, 0.25) is 0 Å². The smallest absolute Gasteiger partial charge is 0.277 e. The Hall–Kier alpha value is -2.41. The molecule has 0 aliphatic heterocycles. The van der Waals surface area contributed by atoms with Gasteiger partial charge in [-0.1, -0.05) is 26.0 Å². The number of anilines is 1. The maximum atomic E-state index is 12.4. The van der Waals surface area contributed by atoms with E-state index in [0.29, 0.717) is 10.2 Å². The number of aromatic nitrogens is 4. The topological polar surface area (TPSA) is 75.6 Å². The van der Waals surface area contributed by atoms with Gasteiger partial charge in [-0.2, -0.15) is 5.10 Å². The summed E-state index contributed by atoms with van der Waals surface area (Å²) in [4.78, 5) is 16.6. The van der Waals surface area contributed by atoms with Gasteiger partial charge < -0.3 is 9.88 Å². The van der Waals surface area contributed by atoms with Crippen LogP contribution in [0.1, 0.15) is 47.3 Å². The normalized spacial score (nSPS) is 11.1. The highest BCUT2D eigenvalue weighted by atomic mass is 79.9. The van der Waals surface area contributed by atoms with Crippen LogP contribution >= 0.6 is 15.9 Å². The molecule has 0 atom stereocenters. The van der Waals surface area contributed by atoms with Crippen molar-refractivity contribution in [3.05, 3.63) is 63.9 Å². The van der Waals surface area contributed by atoms with Gasteiger partial charge in [-0.25, -0.2) is 4.98 Å². The lowest BCUT2D eigenvalue weighted by Crippen LogP contribution is -2.13. The van der Waals surface area contributed by atoms with Gasteiger partial charge in [0.1, 0.15) is 5.82 Å². The van der Waals surface area contributed by atoms with E-state index < -0.39 is 0 Å². The number of H-pyrrole nitrogens is 1. The molecule has 0 radical (unpaired) electrons. The molecule has 0 aliphatic rings. The van der Waals surface area contributed by atoms with Crippen LogP contribution in [0.15, 0.2) is 41.1 Å². The molecule has 3 rings (SSSR count). The predicted octanol–water partition coefficient (Wildman–Crippen LogP) is 4.10. The third-order valence-corrected chi connectivity index (χ3v) is 4.82. The molecule has 0 fully saturated rings. The Kier molecular flexibility index (Phi) is 5.03. The Labute approximate surface area is 154 Å². The lowest BCUT2D eigenvalue weighted by atomic mass is 10.1. The lowest BCUT2D eigenvalue weighted by molar-refractivity contribution is 0.102. The number of benzene rings is 1. The zero-order chi connectivity index (χ0) is 18.0. The van der Waals surface area contributed by atoms with Gasteiger partial charge in [0.15, 0.2) is 5.69 Å². The average molecular weight is 402 g/mol. The van der Waals surface area contributed by atoms with E-state index in [2.05, 4.69) is 41.0 Å². The van der Waals surface area contributed by atoms with Crippen molar-refractivity contribution >= 4 is 27.5 Å². The number of amides is 1. The number of carbonyl (C=O) groups is 1. The molecule has 0 saturated heterocycles. The Bertz CT molecular complexity index is 879.